The fourth-order valence-electron chi connectivity index (χ4n) is 3.38. The fraction of sp³-hybridized carbons (Fsp3) is 0.182. The summed E-state index contributed by atoms with van der Waals surface area (Å²) in [6, 6.07) is 16.7. The quantitative estimate of drug-likeness (QED) is 0.675. The summed E-state index contributed by atoms with van der Waals surface area (Å²) in [6.45, 7) is 1.95. The van der Waals surface area contributed by atoms with Crippen molar-refractivity contribution in [2.45, 2.75) is 0 Å². The lowest BCUT2D eigenvalue weighted by atomic mass is 10.1. The van der Waals surface area contributed by atoms with Gasteiger partial charge in [-0.15, -0.1) is 11.3 Å². The van der Waals surface area contributed by atoms with Crippen molar-refractivity contribution in [3.05, 3.63) is 59.5 Å². The van der Waals surface area contributed by atoms with E-state index in [1.165, 1.54) is 11.3 Å². The summed E-state index contributed by atoms with van der Waals surface area (Å²) in [5.74, 6) is 1.25. The van der Waals surface area contributed by atoms with E-state index in [1.807, 2.05) is 30.3 Å². The highest BCUT2D eigenvalue weighted by atomic mass is 32.1. The average molecular weight is 422 g/mol. The molecule has 7 nitrogen and oxygen atoms in total. The highest BCUT2D eigenvalue weighted by molar-refractivity contribution is 7.17. The van der Waals surface area contributed by atoms with Gasteiger partial charge in [0.05, 0.1) is 11.4 Å². The van der Waals surface area contributed by atoms with Crippen LogP contribution >= 0.6 is 11.3 Å². The van der Waals surface area contributed by atoms with Crippen molar-refractivity contribution in [3.63, 3.8) is 0 Å². The Labute approximate surface area is 176 Å². The lowest BCUT2D eigenvalue weighted by Gasteiger charge is -2.18. The van der Waals surface area contributed by atoms with Crippen LogP contribution in [0.4, 0.5) is 16.2 Å². The zero-order valence-electron chi connectivity index (χ0n) is 15.9. The highest BCUT2D eigenvalue weighted by Crippen LogP contribution is 2.37. The van der Waals surface area contributed by atoms with Crippen LogP contribution < -0.4 is 19.7 Å². The highest BCUT2D eigenvalue weighted by Gasteiger charge is 2.23. The van der Waals surface area contributed by atoms with Gasteiger partial charge in [-0.1, -0.05) is 6.07 Å². The van der Waals surface area contributed by atoms with Gasteiger partial charge in [-0.2, -0.15) is 0 Å². The lowest BCUT2D eigenvalue weighted by Crippen LogP contribution is -2.23. The van der Waals surface area contributed by atoms with E-state index >= 15 is 0 Å². The predicted molar refractivity (Wildman–Crippen MR) is 114 cm³/mol. The molecule has 1 saturated heterocycles. The van der Waals surface area contributed by atoms with Crippen LogP contribution in [-0.4, -0.2) is 38.4 Å². The zero-order valence-corrected chi connectivity index (χ0v) is 16.7. The number of carbonyl (C=O) groups is 2. The van der Waals surface area contributed by atoms with Crippen molar-refractivity contribution in [3.8, 4) is 21.9 Å². The second-order valence-electron chi connectivity index (χ2n) is 6.79. The van der Waals surface area contributed by atoms with Crippen LogP contribution in [0.5, 0.6) is 11.5 Å². The van der Waals surface area contributed by atoms with Crippen molar-refractivity contribution in [2.75, 3.05) is 36.6 Å². The maximum Gasteiger partial charge on any atom is 0.414 e. The predicted octanol–water partition coefficient (Wildman–Crippen LogP) is 4.40. The summed E-state index contributed by atoms with van der Waals surface area (Å²) in [4.78, 5) is 27.6. The first-order chi connectivity index (χ1) is 14.7. The molecule has 2 aromatic carbocycles. The van der Waals surface area contributed by atoms with E-state index in [2.05, 4.69) is 5.32 Å². The molecule has 0 spiro atoms. The minimum atomic E-state index is -0.374. The van der Waals surface area contributed by atoms with Gasteiger partial charge >= 0.3 is 6.09 Å². The van der Waals surface area contributed by atoms with Gasteiger partial charge in [-0.25, -0.2) is 4.79 Å². The standard InChI is InChI=1S/C22H18N2O5S/c25-21(23-15-2-1-3-16(13-15)24-8-9-29-22(24)26)20-7-6-19(30-20)14-4-5-17-18(12-14)28-11-10-27-17/h1-7,12-13H,8-11H2,(H,23,25). The van der Waals surface area contributed by atoms with E-state index in [0.717, 1.165) is 21.9 Å². The van der Waals surface area contributed by atoms with Gasteiger partial charge in [0.1, 0.15) is 19.8 Å². The van der Waals surface area contributed by atoms with Crippen molar-refractivity contribution in [1.82, 2.24) is 0 Å². The topological polar surface area (TPSA) is 77.1 Å². The molecule has 1 aromatic heterocycles. The minimum Gasteiger partial charge on any atom is -0.486 e. The molecule has 3 heterocycles. The number of cyclic esters (lactones) is 1. The normalized spacial score (nSPS) is 15.1. The van der Waals surface area contributed by atoms with E-state index in [0.29, 0.717) is 42.6 Å². The Bertz CT molecular complexity index is 1130. The Kier molecular flexibility index (Phi) is 4.76. The maximum atomic E-state index is 12.7. The van der Waals surface area contributed by atoms with E-state index < -0.39 is 0 Å². The van der Waals surface area contributed by atoms with Crippen LogP contribution in [0, 0.1) is 0 Å². The van der Waals surface area contributed by atoms with E-state index in [-0.39, 0.29) is 12.0 Å². The number of carbonyl (C=O) groups excluding carboxylic acids is 2. The number of hydrogen-bond donors (Lipinski definition) is 1. The van der Waals surface area contributed by atoms with Crippen LogP contribution in [0.1, 0.15) is 9.67 Å². The molecular formula is C22H18N2O5S. The molecule has 30 heavy (non-hydrogen) atoms. The van der Waals surface area contributed by atoms with Crippen LogP contribution in [0.15, 0.2) is 54.6 Å². The molecule has 5 rings (SSSR count). The summed E-state index contributed by atoms with van der Waals surface area (Å²) in [5.41, 5.74) is 2.28. The molecule has 0 atom stereocenters. The van der Waals surface area contributed by atoms with Crippen LogP contribution in [0.3, 0.4) is 0 Å². The third kappa shape index (κ3) is 3.57. The maximum absolute atomic E-state index is 12.7. The Balaban J connectivity index is 1.32. The SMILES string of the molecule is O=C(Nc1cccc(N2CCOC2=O)c1)c1ccc(-c2ccc3c(c2)OCCO3)s1. The second-order valence-corrected chi connectivity index (χ2v) is 7.88. The minimum absolute atomic E-state index is 0.204. The molecular weight excluding hydrogens is 404 g/mol. The summed E-state index contributed by atoms with van der Waals surface area (Å²) in [6.07, 6.45) is -0.374. The van der Waals surface area contributed by atoms with Gasteiger partial charge in [0.2, 0.25) is 0 Å². The molecule has 1 N–H and O–H groups in total. The number of anilines is 2. The Morgan fingerprint density at radius 1 is 0.933 bits per heavy atom. The molecule has 0 radical (unpaired) electrons. The first kappa shape index (κ1) is 18.5. The molecule has 2 aliphatic heterocycles. The Hall–Kier alpha value is -3.52. The number of rotatable bonds is 4. The largest absolute Gasteiger partial charge is 0.486 e. The molecule has 8 heteroatoms. The number of amides is 2. The Morgan fingerprint density at radius 2 is 1.80 bits per heavy atom. The number of fused-ring (bicyclic) bond motifs is 1. The fourth-order valence-corrected chi connectivity index (χ4v) is 4.28. The zero-order chi connectivity index (χ0) is 20.5. The number of nitrogens with zero attached hydrogens (tertiary/aromatic N) is 1. The van der Waals surface area contributed by atoms with Crippen molar-refractivity contribution in [2.24, 2.45) is 0 Å². The molecule has 0 aliphatic carbocycles. The molecule has 0 unspecified atom stereocenters. The summed E-state index contributed by atoms with van der Waals surface area (Å²) in [7, 11) is 0. The number of benzene rings is 2. The van der Waals surface area contributed by atoms with Gasteiger partial charge in [0, 0.05) is 16.3 Å². The van der Waals surface area contributed by atoms with E-state index in [9.17, 15) is 9.59 Å². The Morgan fingerprint density at radius 3 is 2.63 bits per heavy atom. The van der Waals surface area contributed by atoms with Crippen LogP contribution in [0.2, 0.25) is 0 Å². The van der Waals surface area contributed by atoms with Crippen LogP contribution in [-0.2, 0) is 4.74 Å². The monoisotopic (exact) mass is 422 g/mol. The lowest BCUT2D eigenvalue weighted by molar-refractivity contribution is 0.103. The van der Waals surface area contributed by atoms with Gasteiger partial charge in [-0.3, -0.25) is 9.69 Å². The molecule has 0 saturated carbocycles. The molecule has 152 valence electrons. The molecule has 2 aliphatic rings. The molecule has 3 aromatic rings. The number of hydrogen-bond acceptors (Lipinski definition) is 6. The summed E-state index contributed by atoms with van der Waals surface area (Å²) in [5, 5.41) is 2.90. The van der Waals surface area contributed by atoms with Crippen molar-refractivity contribution < 1.29 is 23.8 Å². The first-order valence-electron chi connectivity index (χ1n) is 9.53. The number of thiophene rings is 1. The smallest absolute Gasteiger partial charge is 0.414 e. The number of nitrogens with one attached hydrogen (secondary N) is 1. The van der Waals surface area contributed by atoms with Gasteiger partial charge in [0.25, 0.3) is 5.91 Å². The molecule has 2 amide bonds. The average Bonchev–Trinajstić information content (AvgIpc) is 3.43. The van der Waals surface area contributed by atoms with Gasteiger partial charge in [0.15, 0.2) is 11.5 Å². The van der Waals surface area contributed by atoms with Gasteiger partial charge in [-0.05, 0) is 54.1 Å². The van der Waals surface area contributed by atoms with Crippen LogP contribution in [0.25, 0.3) is 10.4 Å². The van der Waals surface area contributed by atoms with Gasteiger partial charge < -0.3 is 19.5 Å². The van der Waals surface area contributed by atoms with Crippen molar-refractivity contribution >= 4 is 34.7 Å². The summed E-state index contributed by atoms with van der Waals surface area (Å²) < 4.78 is 16.2. The summed E-state index contributed by atoms with van der Waals surface area (Å²) >= 11 is 1.40. The van der Waals surface area contributed by atoms with Crippen molar-refractivity contribution in [1.29, 1.82) is 0 Å². The van der Waals surface area contributed by atoms with E-state index in [1.54, 1.807) is 29.2 Å². The molecule has 0 bridgehead atoms. The second kappa shape index (κ2) is 7.72. The first-order valence-corrected chi connectivity index (χ1v) is 10.3. The third-order valence-electron chi connectivity index (χ3n) is 4.83. The number of ether oxygens (including phenoxy) is 3. The van der Waals surface area contributed by atoms with E-state index in [4.69, 9.17) is 14.2 Å². The molecule has 1 fully saturated rings. The third-order valence-corrected chi connectivity index (χ3v) is 5.97.